The largest absolute Gasteiger partial charge is 0.352 e. The minimum atomic E-state index is -0.238. The van der Waals surface area contributed by atoms with E-state index in [0.29, 0.717) is 12.0 Å². The Hall–Kier alpha value is -1.31. The highest BCUT2D eigenvalue weighted by atomic mass is 16.2. The van der Waals surface area contributed by atoms with Gasteiger partial charge in [0.1, 0.15) is 0 Å². The van der Waals surface area contributed by atoms with Gasteiger partial charge in [-0.1, -0.05) is 56.5 Å². The minimum absolute atomic E-state index is 0.238. The second-order valence-corrected chi connectivity index (χ2v) is 6.64. The fraction of sp³-hybridized carbons (Fsp3) is 0.611. The summed E-state index contributed by atoms with van der Waals surface area (Å²) in [6.45, 7) is 2.28. The molecule has 0 heterocycles. The number of rotatable bonds is 3. The molecule has 2 atom stereocenters. The standard InChI is InChI=1S/C18H25NO/c1-14-8-5-6-11-16(14)19-17(20)18(12-7-13-18)15-9-3-2-4-10-15/h2-4,9-10,14,16H,5-8,11-13H2,1H3,(H,19,20)/t14-,16+/m0/s1. The van der Waals surface area contributed by atoms with Crippen molar-refractivity contribution in [2.45, 2.75) is 63.3 Å². The summed E-state index contributed by atoms with van der Waals surface area (Å²) in [6, 6.07) is 10.7. The highest BCUT2D eigenvalue weighted by Gasteiger charge is 2.46. The van der Waals surface area contributed by atoms with Crippen LogP contribution in [0.1, 0.15) is 57.4 Å². The molecule has 108 valence electrons. The van der Waals surface area contributed by atoms with Crippen LogP contribution < -0.4 is 5.32 Å². The van der Waals surface area contributed by atoms with Crippen LogP contribution in [0.4, 0.5) is 0 Å². The molecule has 2 heteroatoms. The van der Waals surface area contributed by atoms with Crippen molar-refractivity contribution >= 4 is 5.91 Å². The molecular formula is C18H25NO. The molecule has 1 amide bonds. The monoisotopic (exact) mass is 271 g/mol. The number of carbonyl (C=O) groups excluding carboxylic acids is 1. The van der Waals surface area contributed by atoms with Crippen LogP contribution in [0.2, 0.25) is 0 Å². The van der Waals surface area contributed by atoms with E-state index in [9.17, 15) is 4.79 Å². The van der Waals surface area contributed by atoms with Crippen molar-refractivity contribution < 1.29 is 4.79 Å². The van der Waals surface area contributed by atoms with Gasteiger partial charge in [0.2, 0.25) is 5.91 Å². The van der Waals surface area contributed by atoms with Crippen molar-refractivity contribution in [3.8, 4) is 0 Å². The van der Waals surface area contributed by atoms with Crippen molar-refractivity contribution in [2.24, 2.45) is 5.92 Å². The molecule has 0 bridgehead atoms. The summed E-state index contributed by atoms with van der Waals surface area (Å²) >= 11 is 0. The predicted molar refractivity (Wildman–Crippen MR) is 81.5 cm³/mol. The maximum atomic E-state index is 12.9. The Morgan fingerprint density at radius 1 is 1.10 bits per heavy atom. The zero-order valence-electron chi connectivity index (χ0n) is 12.4. The van der Waals surface area contributed by atoms with E-state index < -0.39 is 0 Å². The second kappa shape index (κ2) is 5.59. The molecule has 2 fully saturated rings. The average molecular weight is 271 g/mol. The Bertz CT molecular complexity index is 464. The van der Waals surface area contributed by atoms with Gasteiger partial charge in [-0.05, 0) is 37.2 Å². The Morgan fingerprint density at radius 2 is 1.80 bits per heavy atom. The molecule has 1 N–H and O–H groups in total. The maximum absolute atomic E-state index is 12.9. The summed E-state index contributed by atoms with van der Waals surface area (Å²) < 4.78 is 0. The van der Waals surface area contributed by atoms with Crippen LogP contribution in [-0.2, 0) is 10.2 Å². The van der Waals surface area contributed by atoms with Crippen molar-refractivity contribution in [3.05, 3.63) is 35.9 Å². The third kappa shape index (κ3) is 2.36. The van der Waals surface area contributed by atoms with Crippen LogP contribution in [-0.4, -0.2) is 11.9 Å². The number of benzene rings is 1. The van der Waals surface area contributed by atoms with Gasteiger partial charge in [-0.3, -0.25) is 4.79 Å². The van der Waals surface area contributed by atoms with E-state index >= 15 is 0 Å². The fourth-order valence-electron chi connectivity index (χ4n) is 3.77. The van der Waals surface area contributed by atoms with Crippen LogP contribution in [0.3, 0.4) is 0 Å². The van der Waals surface area contributed by atoms with Gasteiger partial charge in [0.25, 0.3) is 0 Å². The van der Waals surface area contributed by atoms with Crippen molar-refractivity contribution in [1.29, 1.82) is 0 Å². The number of hydrogen-bond donors (Lipinski definition) is 1. The number of carbonyl (C=O) groups is 1. The maximum Gasteiger partial charge on any atom is 0.230 e. The molecule has 2 saturated carbocycles. The molecule has 2 nitrogen and oxygen atoms in total. The Labute approximate surface area is 122 Å². The van der Waals surface area contributed by atoms with Crippen LogP contribution in [0, 0.1) is 5.92 Å². The summed E-state index contributed by atoms with van der Waals surface area (Å²) in [6.07, 6.45) is 8.16. The molecule has 0 spiro atoms. The number of hydrogen-bond acceptors (Lipinski definition) is 1. The SMILES string of the molecule is C[C@H]1CCCC[C@H]1NC(=O)C1(c2ccccc2)CCC1. The van der Waals surface area contributed by atoms with Gasteiger partial charge in [0.05, 0.1) is 5.41 Å². The lowest BCUT2D eigenvalue weighted by Crippen LogP contribution is -2.53. The zero-order valence-corrected chi connectivity index (χ0v) is 12.4. The van der Waals surface area contributed by atoms with E-state index in [4.69, 9.17) is 0 Å². The van der Waals surface area contributed by atoms with Crippen LogP contribution in [0.25, 0.3) is 0 Å². The zero-order chi connectivity index (χ0) is 14.0. The topological polar surface area (TPSA) is 29.1 Å². The van der Waals surface area contributed by atoms with Gasteiger partial charge in [-0.15, -0.1) is 0 Å². The normalized spacial score (nSPS) is 28.4. The lowest BCUT2D eigenvalue weighted by atomic mass is 9.63. The summed E-state index contributed by atoms with van der Waals surface area (Å²) in [4.78, 5) is 12.9. The molecular weight excluding hydrogens is 246 g/mol. The highest BCUT2D eigenvalue weighted by molar-refractivity contribution is 5.89. The Morgan fingerprint density at radius 3 is 2.40 bits per heavy atom. The summed E-state index contributed by atoms with van der Waals surface area (Å²) in [5.41, 5.74) is 0.963. The minimum Gasteiger partial charge on any atom is -0.352 e. The van der Waals surface area contributed by atoms with E-state index in [2.05, 4.69) is 24.4 Å². The van der Waals surface area contributed by atoms with Crippen LogP contribution in [0.5, 0.6) is 0 Å². The number of amides is 1. The Balaban J connectivity index is 1.74. The molecule has 1 aromatic carbocycles. The van der Waals surface area contributed by atoms with E-state index in [1.165, 1.54) is 31.2 Å². The lowest BCUT2D eigenvalue weighted by Gasteiger charge is -2.42. The van der Waals surface area contributed by atoms with Gasteiger partial charge in [-0.25, -0.2) is 0 Å². The molecule has 0 aromatic heterocycles. The Kier molecular flexibility index (Phi) is 3.82. The third-order valence-corrected chi connectivity index (χ3v) is 5.40. The first kappa shape index (κ1) is 13.7. The molecule has 20 heavy (non-hydrogen) atoms. The van der Waals surface area contributed by atoms with Crippen molar-refractivity contribution in [1.82, 2.24) is 5.32 Å². The predicted octanol–water partition coefficient (Wildman–Crippen LogP) is 3.80. The van der Waals surface area contributed by atoms with Crippen LogP contribution in [0.15, 0.2) is 30.3 Å². The van der Waals surface area contributed by atoms with E-state index in [1.54, 1.807) is 0 Å². The fourth-order valence-corrected chi connectivity index (χ4v) is 3.77. The summed E-state index contributed by atoms with van der Waals surface area (Å²) in [7, 11) is 0. The first-order chi connectivity index (χ1) is 9.72. The molecule has 0 aliphatic heterocycles. The van der Waals surface area contributed by atoms with E-state index in [-0.39, 0.29) is 11.3 Å². The molecule has 0 radical (unpaired) electrons. The summed E-state index contributed by atoms with van der Waals surface area (Å²) in [5, 5.41) is 3.37. The van der Waals surface area contributed by atoms with Gasteiger partial charge >= 0.3 is 0 Å². The molecule has 3 rings (SSSR count). The van der Waals surface area contributed by atoms with Gasteiger partial charge < -0.3 is 5.32 Å². The van der Waals surface area contributed by atoms with Crippen LogP contribution >= 0.6 is 0 Å². The first-order valence-corrected chi connectivity index (χ1v) is 8.09. The average Bonchev–Trinajstić information content (AvgIpc) is 2.41. The second-order valence-electron chi connectivity index (χ2n) is 6.64. The van der Waals surface area contributed by atoms with Crippen molar-refractivity contribution in [3.63, 3.8) is 0 Å². The first-order valence-electron chi connectivity index (χ1n) is 8.09. The lowest BCUT2D eigenvalue weighted by molar-refractivity contribution is -0.131. The molecule has 2 aliphatic carbocycles. The molecule has 2 aliphatic rings. The molecule has 0 saturated heterocycles. The smallest absolute Gasteiger partial charge is 0.230 e. The number of nitrogens with one attached hydrogen (secondary N) is 1. The van der Waals surface area contributed by atoms with Gasteiger partial charge in [0.15, 0.2) is 0 Å². The van der Waals surface area contributed by atoms with E-state index in [1.807, 2.05) is 18.2 Å². The highest BCUT2D eigenvalue weighted by Crippen LogP contribution is 2.44. The van der Waals surface area contributed by atoms with Gasteiger partial charge in [-0.2, -0.15) is 0 Å². The van der Waals surface area contributed by atoms with Gasteiger partial charge in [0, 0.05) is 6.04 Å². The third-order valence-electron chi connectivity index (χ3n) is 5.40. The molecule has 0 unspecified atom stereocenters. The quantitative estimate of drug-likeness (QED) is 0.890. The molecule has 1 aromatic rings. The van der Waals surface area contributed by atoms with Crippen molar-refractivity contribution in [2.75, 3.05) is 0 Å². The van der Waals surface area contributed by atoms with E-state index in [0.717, 1.165) is 19.3 Å². The summed E-state index contributed by atoms with van der Waals surface area (Å²) in [5.74, 6) is 0.897.